The van der Waals surface area contributed by atoms with Gasteiger partial charge in [0.05, 0.1) is 10.9 Å². The number of pyridine rings is 1. The standard InChI is InChI=1S/C10H10N2O/c1-7(2)12-6-4-8-9(12)3-5-11-10(8)13/h3-6H,1H2,2H3,(H,11,13). The van der Waals surface area contributed by atoms with Gasteiger partial charge in [-0.25, -0.2) is 0 Å². The van der Waals surface area contributed by atoms with Gasteiger partial charge in [-0.2, -0.15) is 0 Å². The van der Waals surface area contributed by atoms with Crippen LogP contribution in [-0.2, 0) is 0 Å². The minimum Gasteiger partial charge on any atom is -0.328 e. The van der Waals surface area contributed by atoms with Gasteiger partial charge in [0, 0.05) is 18.1 Å². The third kappa shape index (κ3) is 1.09. The highest BCUT2D eigenvalue weighted by molar-refractivity contribution is 5.81. The normalized spacial score (nSPS) is 10.5. The summed E-state index contributed by atoms with van der Waals surface area (Å²) in [7, 11) is 0. The Kier molecular flexibility index (Phi) is 1.59. The topological polar surface area (TPSA) is 37.8 Å². The van der Waals surface area contributed by atoms with E-state index in [2.05, 4.69) is 11.6 Å². The van der Waals surface area contributed by atoms with Crippen molar-refractivity contribution >= 4 is 16.6 Å². The van der Waals surface area contributed by atoms with Crippen molar-refractivity contribution in [2.75, 3.05) is 0 Å². The Morgan fingerprint density at radius 2 is 2.31 bits per heavy atom. The number of aromatic nitrogens is 2. The largest absolute Gasteiger partial charge is 0.328 e. The molecule has 0 spiro atoms. The van der Waals surface area contributed by atoms with Crippen molar-refractivity contribution in [3.05, 3.63) is 41.5 Å². The number of nitrogens with zero attached hydrogens (tertiary/aromatic N) is 1. The van der Waals surface area contributed by atoms with E-state index >= 15 is 0 Å². The zero-order valence-corrected chi connectivity index (χ0v) is 7.37. The van der Waals surface area contributed by atoms with Crippen molar-refractivity contribution in [1.82, 2.24) is 9.55 Å². The zero-order valence-electron chi connectivity index (χ0n) is 7.37. The lowest BCUT2D eigenvalue weighted by molar-refractivity contribution is 1.15. The summed E-state index contributed by atoms with van der Waals surface area (Å²) in [6.07, 6.45) is 3.49. The summed E-state index contributed by atoms with van der Waals surface area (Å²) in [5.74, 6) is 0. The fourth-order valence-corrected chi connectivity index (χ4v) is 1.41. The molecule has 2 rings (SSSR count). The van der Waals surface area contributed by atoms with Crippen LogP contribution in [-0.4, -0.2) is 9.55 Å². The van der Waals surface area contributed by atoms with Crippen molar-refractivity contribution in [3.63, 3.8) is 0 Å². The smallest absolute Gasteiger partial charge is 0.257 e. The minimum absolute atomic E-state index is 0.0579. The maximum Gasteiger partial charge on any atom is 0.257 e. The molecular weight excluding hydrogens is 164 g/mol. The number of rotatable bonds is 1. The van der Waals surface area contributed by atoms with Gasteiger partial charge in [0.1, 0.15) is 0 Å². The van der Waals surface area contributed by atoms with E-state index in [1.807, 2.05) is 23.8 Å². The number of H-pyrrole nitrogens is 1. The lowest BCUT2D eigenvalue weighted by atomic mass is 10.3. The first-order chi connectivity index (χ1) is 6.20. The quantitative estimate of drug-likeness (QED) is 0.703. The number of hydrogen-bond acceptors (Lipinski definition) is 1. The first kappa shape index (κ1) is 7.86. The van der Waals surface area contributed by atoms with Gasteiger partial charge in [-0.05, 0) is 19.1 Å². The Labute approximate surface area is 75.3 Å². The highest BCUT2D eigenvalue weighted by atomic mass is 16.1. The summed E-state index contributed by atoms with van der Waals surface area (Å²) >= 11 is 0. The molecule has 0 radical (unpaired) electrons. The van der Waals surface area contributed by atoms with Gasteiger partial charge < -0.3 is 9.55 Å². The lowest BCUT2D eigenvalue weighted by Crippen LogP contribution is -2.03. The average molecular weight is 174 g/mol. The molecule has 1 N–H and O–H groups in total. The molecule has 0 saturated heterocycles. The summed E-state index contributed by atoms with van der Waals surface area (Å²) in [5.41, 5.74) is 1.74. The lowest BCUT2D eigenvalue weighted by Gasteiger charge is -2.01. The SMILES string of the molecule is C=C(C)n1ccc2c(=O)[nH]ccc21. The van der Waals surface area contributed by atoms with Crippen LogP contribution < -0.4 is 5.56 Å². The molecule has 2 heterocycles. The Morgan fingerprint density at radius 1 is 1.54 bits per heavy atom. The van der Waals surface area contributed by atoms with Crippen LogP contribution in [0.3, 0.4) is 0 Å². The van der Waals surface area contributed by atoms with Gasteiger partial charge in [-0.15, -0.1) is 0 Å². The number of allylic oxidation sites excluding steroid dienone is 1. The number of aromatic amines is 1. The Balaban J connectivity index is 2.91. The van der Waals surface area contributed by atoms with Crippen LogP contribution in [0.4, 0.5) is 0 Å². The molecule has 0 unspecified atom stereocenters. The molecule has 0 amide bonds. The predicted molar refractivity (Wildman–Crippen MR) is 53.6 cm³/mol. The van der Waals surface area contributed by atoms with Gasteiger partial charge in [-0.3, -0.25) is 4.79 Å². The monoisotopic (exact) mass is 174 g/mol. The zero-order chi connectivity index (χ0) is 9.42. The van der Waals surface area contributed by atoms with E-state index in [1.54, 1.807) is 12.3 Å². The van der Waals surface area contributed by atoms with E-state index in [4.69, 9.17) is 0 Å². The van der Waals surface area contributed by atoms with Crippen molar-refractivity contribution in [2.45, 2.75) is 6.92 Å². The molecule has 3 nitrogen and oxygen atoms in total. The van der Waals surface area contributed by atoms with Crippen LogP contribution in [0.15, 0.2) is 35.9 Å². The van der Waals surface area contributed by atoms with Gasteiger partial charge in [0.15, 0.2) is 0 Å². The molecule has 66 valence electrons. The second-order valence-corrected chi connectivity index (χ2v) is 3.03. The molecular formula is C10H10N2O. The molecule has 0 aromatic carbocycles. The van der Waals surface area contributed by atoms with E-state index in [0.29, 0.717) is 5.39 Å². The van der Waals surface area contributed by atoms with Gasteiger partial charge in [-0.1, -0.05) is 6.58 Å². The van der Waals surface area contributed by atoms with Crippen LogP contribution in [0.5, 0.6) is 0 Å². The fourth-order valence-electron chi connectivity index (χ4n) is 1.41. The maximum absolute atomic E-state index is 11.3. The molecule has 0 atom stereocenters. The summed E-state index contributed by atoms with van der Waals surface area (Å²) in [4.78, 5) is 13.9. The Bertz CT molecular complexity index is 519. The Hall–Kier alpha value is -1.77. The van der Waals surface area contributed by atoms with E-state index in [1.165, 1.54) is 0 Å². The average Bonchev–Trinajstić information content (AvgIpc) is 2.48. The molecule has 0 aliphatic rings. The number of nitrogens with one attached hydrogen (secondary N) is 1. The van der Waals surface area contributed by atoms with Crippen molar-refractivity contribution in [3.8, 4) is 0 Å². The van der Waals surface area contributed by atoms with Gasteiger partial charge in [0.25, 0.3) is 5.56 Å². The predicted octanol–water partition coefficient (Wildman–Crippen LogP) is 1.82. The van der Waals surface area contributed by atoms with E-state index in [-0.39, 0.29) is 5.56 Å². The molecule has 0 fully saturated rings. The Morgan fingerprint density at radius 3 is 3.00 bits per heavy atom. The second kappa shape index (κ2) is 2.62. The van der Waals surface area contributed by atoms with E-state index in [0.717, 1.165) is 11.2 Å². The van der Waals surface area contributed by atoms with E-state index in [9.17, 15) is 4.79 Å². The van der Waals surface area contributed by atoms with Crippen molar-refractivity contribution in [2.24, 2.45) is 0 Å². The van der Waals surface area contributed by atoms with Gasteiger partial charge in [0.2, 0.25) is 0 Å². The molecule has 3 heteroatoms. The molecule has 0 saturated carbocycles. The summed E-state index contributed by atoms with van der Waals surface area (Å²) in [6, 6.07) is 3.66. The maximum atomic E-state index is 11.3. The third-order valence-electron chi connectivity index (χ3n) is 2.04. The van der Waals surface area contributed by atoms with Crippen LogP contribution in [0.1, 0.15) is 6.92 Å². The van der Waals surface area contributed by atoms with Crippen molar-refractivity contribution in [1.29, 1.82) is 0 Å². The van der Waals surface area contributed by atoms with Crippen LogP contribution in [0.2, 0.25) is 0 Å². The highest BCUT2D eigenvalue weighted by Gasteiger charge is 2.02. The van der Waals surface area contributed by atoms with Crippen LogP contribution in [0, 0.1) is 0 Å². The fraction of sp³-hybridized carbons (Fsp3) is 0.100. The molecule has 0 aliphatic heterocycles. The second-order valence-electron chi connectivity index (χ2n) is 3.03. The number of hydrogen-bond donors (Lipinski definition) is 1. The summed E-state index contributed by atoms with van der Waals surface area (Å²) < 4.78 is 1.89. The minimum atomic E-state index is -0.0579. The molecule has 13 heavy (non-hydrogen) atoms. The molecule has 2 aromatic heterocycles. The van der Waals surface area contributed by atoms with Crippen LogP contribution >= 0.6 is 0 Å². The first-order valence-electron chi connectivity index (χ1n) is 4.05. The molecule has 2 aromatic rings. The van der Waals surface area contributed by atoms with Crippen LogP contribution in [0.25, 0.3) is 16.6 Å². The van der Waals surface area contributed by atoms with E-state index < -0.39 is 0 Å². The third-order valence-corrected chi connectivity index (χ3v) is 2.04. The first-order valence-corrected chi connectivity index (χ1v) is 4.05. The number of fused-ring (bicyclic) bond motifs is 1. The highest BCUT2D eigenvalue weighted by Crippen LogP contribution is 2.14. The molecule has 0 aliphatic carbocycles. The van der Waals surface area contributed by atoms with Gasteiger partial charge >= 0.3 is 0 Å². The summed E-state index contributed by atoms with van der Waals surface area (Å²) in [6.45, 7) is 5.73. The molecule has 0 bridgehead atoms. The summed E-state index contributed by atoms with van der Waals surface area (Å²) in [5, 5.41) is 0.700. The van der Waals surface area contributed by atoms with Crippen molar-refractivity contribution < 1.29 is 0 Å².